The van der Waals surface area contributed by atoms with Gasteiger partial charge in [0.25, 0.3) is 0 Å². The zero-order valence-corrected chi connectivity index (χ0v) is 18.0. The van der Waals surface area contributed by atoms with Crippen LogP contribution in [0.1, 0.15) is 19.8 Å². The molecule has 8 heteroatoms. The molecule has 1 atom stereocenters. The Bertz CT molecular complexity index is 1090. The fraction of sp³-hybridized carbons (Fsp3) is 0.273. The number of rotatable bonds is 7. The molecule has 30 heavy (non-hydrogen) atoms. The van der Waals surface area contributed by atoms with E-state index < -0.39 is 5.54 Å². The van der Waals surface area contributed by atoms with Crippen LogP contribution in [0.2, 0.25) is 5.02 Å². The van der Waals surface area contributed by atoms with Gasteiger partial charge in [-0.2, -0.15) is 5.26 Å². The molecule has 1 amide bonds. The predicted octanol–water partition coefficient (Wildman–Crippen LogP) is 4.49. The van der Waals surface area contributed by atoms with Gasteiger partial charge in [-0.15, -0.1) is 10.2 Å². The van der Waals surface area contributed by atoms with Gasteiger partial charge in [0.15, 0.2) is 11.0 Å². The molecule has 1 N–H and O–H groups in total. The zero-order chi connectivity index (χ0) is 21.1. The minimum absolute atomic E-state index is 0.148. The summed E-state index contributed by atoms with van der Waals surface area (Å²) in [5.74, 6) is 0.864. The fourth-order valence-corrected chi connectivity index (χ4v) is 4.17. The van der Waals surface area contributed by atoms with Crippen molar-refractivity contribution < 1.29 is 4.79 Å². The second-order valence-corrected chi connectivity index (χ2v) is 8.79. The number of hydrogen-bond acceptors (Lipinski definition) is 5. The number of nitrogens with one attached hydrogen (secondary N) is 1. The van der Waals surface area contributed by atoms with Gasteiger partial charge >= 0.3 is 0 Å². The molecule has 4 rings (SSSR count). The molecule has 1 fully saturated rings. The van der Waals surface area contributed by atoms with E-state index in [0.29, 0.717) is 16.0 Å². The Morgan fingerprint density at radius 1 is 1.23 bits per heavy atom. The van der Waals surface area contributed by atoms with Crippen molar-refractivity contribution in [3.8, 4) is 23.1 Å². The molecule has 152 valence electrons. The average molecular weight is 438 g/mol. The summed E-state index contributed by atoms with van der Waals surface area (Å²) in [6, 6.07) is 19.4. The summed E-state index contributed by atoms with van der Waals surface area (Å²) in [7, 11) is 0. The van der Waals surface area contributed by atoms with Crippen molar-refractivity contribution >= 4 is 29.3 Å². The fourth-order valence-electron chi connectivity index (χ4n) is 3.30. The highest BCUT2D eigenvalue weighted by Gasteiger charge is 2.43. The van der Waals surface area contributed by atoms with E-state index in [2.05, 4.69) is 21.6 Å². The summed E-state index contributed by atoms with van der Waals surface area (Å²) in [6.07, 6.45) is 1.95. The number of carbonyl (C=O) groups is 1. The van der Waals surface area contributed by atoms with Crippen LogP contribution in [0, 0.1) is 17.2 Å². The molecule has 1 saturated carbocycles. The molecule has 1 aliphatic carbocycles. The van der Waals surface area contributed by atoms with E-state index in [1.165, 1.54) is 11.8 Å². The van der Waals surface area contributed by atoms with Gasteiger partial charge in [-0.25, -0.2) is 0 Å². The Kier molecular flexibility index (Phi) is 5.80. The number of para-hydroxylation sites is 1. The Balaban J connectivity index is 1.58. The summed E-state index contributed by atoms with van der Waals surface area (Å²) in [5, 5.41) is 22.3. The van der Waals surface area contributed by atoms with Crippen LogP contribution < -0.4 is 5.32 Å². The Hall–Kier alpha value is -2.82. The second kappa shape index (κ2) is 8.50. The van der Waals surface area contributed by atoms with Crippen LogP contribution in [0.25, 0.3) is 17.1 Å². The monoisotopic (exact) mass is 437 g/mol. The first-order valence-corrected chi connectivity index (χ1v) is 11.0. The molecule has 2 aromatic carbocycles. The molecule has 0 radical (unpaired) electrons. The lowest BCUT2D eigenvalue weighted by molar-refractivity contribution is -0.119. The normalized spacial score (nSPS) is 15.2. The summed E-state index contributed by atoms with van der Waals surface area (Å²) in [6.45, 7) is 1.79. The molecule has 1 heterocycles. The van der Waals surface area contributed by atoms with Gasteiger partial charge in [0.1, 0.15) is 5.54 Å². The van der Waals surface area contributed by atoms with Crippen LogP contribution >= 0.6 is 23.4 Å². The third-order valence-corrected chi connectivity index (χ3v) is 6.29. The molecule has 6 nitrogen and oxygen atoms in total. The first kappa shape index (κ1) is 20.5. The van der Waals surface area contributed by atoms with Crippen LogP contribution in [0.15, 0.2) is 59.8 Å². The van der Waals surface area contributed by atoms with Gasteiger partial charge < -0.3 is 5.32 Å². The van der Waals surface area contributed by atoms with Crippen molar-refractivity contribution in [3.05, 3.63) is 59.6 Å². The molecule has 0 spiro atoms. The van der Waals surface area contributed by atoms with E-state index in [1.54, 1.807) is 6.92 Å². The Morgan fingerprint density at radius 3 is 2.57 bits per heavy atom. The van der Waals surface area contributed by atoms with Gasteiger partial charge in [-0.05, 0) is 62.1 Å². The zero-order valence-electron chi connectivity index (χ0n) is 16.4. The molecule has 0 bridgehead atoms. The number of halogens is 1. The van der Waals surface area contributed by atoms with E-state index in [4.69, 9.17) is 11.6 Å². The van der Waals surface area contributed by atoms with Gasteiger partial charge in [-0.3, -0.25) is 9.36 Å². The molecular weight excluding hydrogens is 418 g/mol. The smallest absolute Gasteiger partial charge is 0.231 e. The number of benzene rings is 2. The minimum atomic E-state index is -0.806. The lowest BCUT2D eigenvalue weighted by Gasteiger charge is -2.22. The van der Waals surface area contributed by atoms with Crippen molar-refractivity contribution in [2.75, 3.05) is 5.75 Å². The van der Waals surface area contributed by atoms with Crippen LogP contribution in [0.3, 0.4) is 0 Å². The highest BCUT2D eigenvalue weighted by Crippen LogP contribution is 2.39. The van der Waals surface area contributed by atoms with E-state index in [-0.39, 0.29) is 17.6 Å². The molecule has 0 aliphatic heterocycles. The quantitative estimate of drug-likeness (QED) is 0.550. The van der Waals surface area contributed by atoms with Crippen molar-refractivity contribution in [1.29, 1.82) is 5.26 Å². The number of hydrogen-bond donors (Lipinski definition) is 1. The highest BCUT2D eigenvalue weighted by molar-refractivity contribution is 7.99. The molecule has 1 aromatic heterocycles. The first-order valence-electron chi connectivity index (χ1n) is 9.62. The average Bonchev–Trinajstić information content (AvgIpc) is 3.54. The van der Waals surface area contributed by atoms with Crippen LogP contribution in [0.5, 0.6) is 0 Å². The maximum absolute atomic E-state index is 12.5. The lowest BCUT2D eigenvalue weighted by Crippen LogP contribution is -2.47. The third-order valence-electron chi connectivity index (χ3n) is 5.11. The molecular formula is C22H20ClN5OS. The third kappa shape index (κ3) is 4.35. The van der Waals surface area contributed by atoms with E-state index in [0.717, 1.165) is 24.1 Å². The summed E-state index contributed by atoms with van der Waals surface area (Å²) >= 11 is 7.32. The Morgan fingerprint density at radius 2 is 1.93 bits per heavy atom. The molecule has 1 aliphatic rings. The topological polar surface area (TPSA) is 83.6 Å². The predicted molar refractivity (Wildman–Crippen MR) is 117 cm³/mol. The molecule has 0 saturated heterocycles. The standard InChI is InChI=1S/C22H20ClN5OS/c1-22(14-24,16-9-10-16)25-19(29)13-30-21-27-26-20(15-7-11-17(23)12-8-15)28(21)18-5-3-2-4-6-18/h2-8,11-12,16H,9-10,13H2,1H3,(H,25,29). The van der Waals surface area contributed by atoms with Crippen molar-refractivity contribution in [1.82, 2.24) is 20.1 Å². The van der Waals surface area contributed by atoms with Crippen LogP contribution in [-0.4, -0.2) is 32.0 Å². The number of aromatic nitrogens is 3. The SMILES string of the molecule is CC(C#N)(NC(=O)CSc1nnc(-c2ccc(Cl)cc2)n1-c1ccccc1)C1CC1. The number of amides is 1. The summed E-state index contributed by atoms with van der Waals surface area (Å²) < 4.78 is 1.92. The van der Waals surface area contributed by atoms with Gasteiger partial charge in [0.2, 0.25) is 5.91 Å². The van der Waals surface area contributed by atoms with Crippen molar-refractivity contribution in [3.63, 3.8) is 0 Å². The van der Waals surface area contributed by atoms with E-state index >= 15 is 0 Å². The number of nitrogens with zero attached hydrogens (tertiary/aromatic N) is 4. The molecule has 3 aromatic rings. The maximum atomic E-state index is 12.5. The summed E-state index contributed by atoms with van der Waals surface area (Å²) in [4.78, 5) is 12.5. The maximum Gasteiger partial charge on any atom is 0.231 e. The second-order valence-electron chi connectivity index (χ2n) is 7.41. The number of carbonyl (C=O) groups excluding carboxylic acids is 1. The highest BCUT2D eigenvalue weighted by atomic mass is 35.5. The van der Waals surface area contributed by atoms with Gasteiger partial charge in [-0.1, -0.05) is 41.6 Å². The first-order chi connectivity index (χ1) is 14.5. The van der Waals surface area contributed by atoms with Crippen molar-refractivity contribution in [2.45, 2.75) is 30.5 Å². The number of nitriles is 1. The van der Waals surface area contributed by atoms with Crippen LogP contribution in [-0.2, 0) is 4.79 Å². The van der Waals surface area contributed by atoms with Crippen LogP contribution in [0.4, 0.5) is 0 Å². The molecule has 1 unspecified atom stereocenters. The van der Waals surface area contributed by atoms with E-state index in [9.17, 15) is 10.1 Å². The number of thioether (sulfide) groups is 1. The summed E-state index contributed by atoms with van der Waals surface area (Å²) in [5.41, 5.74) is 0.965. The van der Waals surface area contributed by atoms with Crippen molar-refractivity contribution in [2.24, 2.45) is 5.92 Å². The Labute approximate surface area is 184 Å². The lowest BCUT2D eigenvalue weighted by atomic mass is 9.98. The van der Waals surface area contributed by atoms with E-state index in [1.807, 2.05) is 59.2 Å². The largest absolute Gasteiger partial charge is 0.337 e. The minimum Gasteiger partial charge on any atom is -0.337 e. The van der Waals surface area contributed by atoms with Gasteiger partial charge in [0.05, 0.1) is 11.8 Å². The van der Waals surface area contributed by atoms with Gasteiger partial charge in [0, 0.05) is 16.3 Å².